The van der Waals surface area contributed by atoms with Crippen LogP contribution in [0.3, 0.4) is 0 Å². The zero-order chi connectivity index (χ0) is 13.5. The molecule has 0 saturated heterocycles. The van der Waals surface area contributed by atoms with Gasteiger partial charge in [-0.2, -0.15) is 0 Å². The highest BCUT2D eigenvalue weighted by molar-refractivity contribution is 6.32. The molecule has 0 aliphatic carbocycles. The maximum atomic E-state index is 5.93. The molecule has 100 valence electrons. The number of alkyl halides is 1. The van der Waals surface area contributed by atoms with Crippen molar-refractivity contribution in [2.75, 3.05) is 6.61 Å². The minimum absolute atomic E-state index is 0.285. The second kappa shape index (κ2) is 7.31. The summed E-state index contributed by atoms with van der Waals surface area (Å²) in [5.41, 5.74) is 1.90. The number of aromatic nitrogens is 2. The van der Waals surface area contributed by atoms with Crippen LogP contribution in [-0.4, -0.2) is 16.6 Å². The largest absolute Gasteiger partial charge is 0.478 e. The van der Waals surface area contributed by atoms with Crippen molar-refractivity contribution in [2.24, 2.45) is 0 Å². The van der Waals surface area contributed by atoms with Crippen LogP contribution in [-0.2, 0) is 12.3 Å². The number of hydrogen-bond donors (Lipinski definition) is 0. The molecular formula is C14H14Cl2N2O. The molecule has 0 aromatic carbocycles. The number of rotatable bonds is 6. The molecule has 5 heteroatoms. The van der Waals surface area contributed by atoms with Gasteiger partial charge in [-0.25, -0.2) is 4.98 Å². The Morgan fingerprint density at radius 2 is 1.89 bits per heavy atom. The Hall–Kier alpha value is -1.32. The van der Waals surface area contributed by atoms with Crippen molar-refractivity contribution in [3.63, 3.8) is 0 Å². The summed E-state index contributed by atoms with van der Waals surface area (Å²) in [5, 5.41) is 0.569. The van der Waals surface area contributed by atoms with Crippen molar-refractivity contribution in [2.45, 2.75) is 18.7 Å². The Bertz CT molecular complexity index is 520. The Balaban J connectivity index is 1.80. The molecule has 0 spiro atoms. The Morgan fingerprint density at radius 1 is 1.11 bits per heavy atom. The van der Waals surface area contributed by atoms with Gasteiger partial charge in [-0.15, -0.1) is 11.6 Å². The molecule has 0 unspecified atom stereocenters. The molecule has 0 aliphatic heterocycles. The molecule has 0 amide bonds. The van der Waals surface area contributed by atoms with E-state index in [1.807, 2.05) is 12.1 Å². The molecule has 2 aromatic heterocycles. The molecule has 0 saturated carbocycles. The third-order valence-electron chi connectivity index (χ3n) is 2.63. The van der Waals surface area contributed by atoms with Crippen molar-refractivity contribution in [1.82, 2.24) is 9.97 Å². The van der Waals surface area contributed by atoms with Crippen LogP contribution in [0, 0.1) is 0 Å². The molecule has 3 nitrogen and oxygen atoms in total. The second-order valence-corrected chi connectivity index (χ2v) is 4.69. The summed E-state index contributed by atoms with van der Waals surface area (Å²) in [6.07, 6.45) is 5.47. The van der Waals surface area contributed by atoms with Crippen LogP contribution in [0.15, 0.2) is 36.7 Å². The van der Waals surface area contributed by atoms with E-state index >= 15 is 0 Å². The van der Waals surface area contributed by atoms with Gasteiger partial charge in [0, 0.05) is 18.5 Å². The summed E-state index contributed by atoms with van der Waals surface area (Å²) in [5.74, 6) is 0.849. The van der Waals surface area contributed by atoms with E-state index in [4.69, 9.17) is 27.9 Å². The predicted octanol–water partition coefficient (Wildman–Crippen LogP) is 3.88. The molecule has 2 heterocycles. The van der Waals surface area contributed by atoms with Crippen LogP contribution in [0.1, 0.15) is 17.7 Å². The van der Waals surface area contributed by atoms with Gasteiger partial charge in [0.25, 0.3) is 0 Å². The first kappa shape index (κ1) is 14.1. The van der Waals surface area contributed by atoms with E-state index in [0.717, 1.165) is 12.8 Å². The van der Waals surface area contributed by atoms with Gasteiger partial charge in [0.15, 0.2) is 0 Å². The van der Waals surface area contributed by atoms with E-state index in [-0.39, 0.29) is 5.88 Å². The van der Waals surface area contributed by atoms with Gasteiger partial charge in [0.2, 0.25) is 5.88 Å². The number of hydrogen-bond acceptors (Lipinski definition) is 3. The van der Waals surface area contributed by atoms with Crippen molar-refractivity contribution < 1.29 is 4.74 Å². The highest BCUT2D eigenvalue weighted by Gasteiger charge is 2.03. The molecular weight excluding hydrogens is 283 g/mol. The van der Waals surface area contributed by atoms with Crippen LogP contribution in [0.4, 0.5) is 0 Å². The first-order valence-electron chi connectivity index (χ1n) is 6.02. The summed E-state index contributed by atoms with van der Waals surface area (Å²) >= 11 is 11.7. The average Bonchev–Trinajstić information content (AvgIpc) is 2.46. The standard InChI is InChI=1S/C14H14Cl2N2O/c15-10-13-12(16)3-4-14(18-13)19-9-1-2-11-5-7-17-8-6-11/h3-8H,1-2,9-10H2. The summed E-state index contributed by atoms with van der Waals surface area (Å²) in [4.78, 5) is 8.22. The lowest BCUT2D eigenvalue weighted by Gasteiger charge is -2.07. The SMILES string of the molecule is ClCc1nc(OCCCc2ccncc2)ccc1Cl. The summed E-state index contributed by atoms with van der Waals surface area (Å²) < 4.78 is 5.58. The zero-order valence-corrected chi connectivity index (χ0v) is 11.9. The van der Waals surface area contributed by atoms with Gasteiger partial charge in [-0.3, -0.25) is 4.98 Å². The monoisotopic (exact) mass is 296 g/mol. The van der Waals surface area contributed by atoms with Gasteiger partial charge in [-0.05, 0) is 36.6 Å². The maximum absolute atomic E-state index is 5.93. The first-order chi connectivity index (χ1) is 9.29. The van der Waals surface area contributed by atoms with Gasteiger partial charge < -0.3 is 4.74 Å². The van der Waals surface area contributed by atoms with Crippen molar-refractivity contribution in [3.05, 3.63) is 52.9 Å². The topological polar surface area (TPSA) is 35.0 Å². The fourth-order valence-corrected chi connectivity index (χ4v) is 2.09. The molecule has 19 heavy (non-hydrogen) atoms. The van der Waals surface area contributed by atoms with Gasteiger partial charge in [-0.1, -0.05) is 11.6 Å². The minimum Gasteiger partial charge on any atom is -0.478 e. The van der Waals surface area contributed by atoms with Crippen LogP contribution >= 0.6 is 23.2 Å². The van der Waals surface area contributed by atoms with Crippen LogP contribution in [0.2, 0.25) is 5.02 Å². The van der Waals surface area contributed by atoms with Gasteiger partial charge >= 0.3 is 0 Å². The highest BCUT2D eigenvalue weighted by atomic mass is 35.5. The summed E-state index contributed by atoms with van der Waals surface area (Å²) in [6.45, 7) is 0.610. The highest BCUT2D eigenvalue weighted by Crippen LogP contribution is 2.19. The zero-order valence-electron chi connectivity index (χ0n) is 10.4. The summed E-state index contributed by atoms with van der Waals surface area (Å²) in [7, 11) is 0. The predicted molar refractivity (Wildman–Crippen MR) is 76.9 cm³/mol. The van der Waals surface area contributed by atoms with E-state index in [2.05, 4.69) is 9.97 Å². The second-order valence-electron chi connectivity index (χ2n) is 4.02. The van der Waals surface area contributed by atoms with Gasteiger partial charge in [0.05, 0.1) is 23.2 Å². The fourth-order valence-electron chi connectivity index (χ4n) is 1.64. The molecule has 2 aromatic rings. The van der Waals surface area contributed by atoms with Crippen molar-refractivity contribution in [1.29, 1.82) is 0 Å². The van der Waals surface area contributed by atoms with E-state index in [1.165, 1.54) is 5.56 Å². The van der Waals surface area contributed by atoms with Crippen molar-refractivity contribution in [3.8, 4) is 5.88 Å². The molecule has 0 fully saturated rings. The number of nitrogens with zero attached hydrogens (tertiary/aromatic N) is 2. The molecule has 0 N–H and O–H groups in total. The van der Waals surface area contributed by atoms with E-state index < -0.39 is 0 Å². The minimum atomic E-state index is 0.285. The molecule has 0 atom stereocenters. The van der Waals surface area contributed by atoms with E-state index in [1.54, 1.807) is 24.5 Å². The fraction of sp³-hybridized carbons (Fsp3) is 0.286. The maximum Gasteiger partial charge on any atom is 0.213 e. The van der Waals surface area contributed by atoms with Crippen LogP contribution in [0.25, 0.3) is 0 Å². The van der Waals surface area contributed by atoms with Crippen LogP contribution in [0.5, 0.6) is 5.88 Å². The average molecular weight is 297 g/mol. The smallest absolute Gasteiger partial charge is 0.213 e. The molecule has 0 radical (unpaired) electrons. The Labute approximate surface area is 122 Å². The number of halogens is 2. The lowest BCUT2D eigenvalue weighted by Crippen LogP contribution is -2.02. The summed E-state index contributed by atoms with van der Waals surface area (Å²) in [6, 6.07) is 7.52. The Kier molecular flexibility index (Phi) is 5.43. The third kappa shape index (κ3) is 4.37. The Morgan fingerprint density at radius 3 is 2.63 bits per heavy atom. The lowest BCUT2D eigenvalue weighted by atomic mass is 10.1. The number of aryl methyl sites for hydroxylation is 1. The number of pyridine rings is 2. The number of ether oxygens (including phenoxy) is 1. The van der Waals surface area contributed by atoms with E-state index in [9.17, 15) is 0 Å². The lowest BCUT2D eigenvalue weighted by molar-refractivity contribution is 0.298. The molecule has 2 rings (SSSR count). The first-order valence-corrected chi connectivity index (χ1v) is 6.94. The molecule has 0 bridgehead atoms. The van der Waals surface area contributed by atoms with Crippen LogP contribution < -0.4 is 4.74 Å². The molecule has 0 aliphatic rings. The quantitative estimate of drug-likeness (QED) is 0.599. The normalized spacial score (nSPS) is 10.4. The van der Waals surface area contributed by atoms with Crippen molar-refractivity contribution >= 4 is 23.2 Å². The van der Waals surface area contributed by atoms with Gasteiger partial charge in [0.1, 0.15) is 0 Å². The third-order valence-corrected chi connectivity index (χ3v) is 3.23. The van der Waals surface area contributed by atoms with E-state index in [0.29, 0.717) is 23.2 Å².